The van der Waals surface area contributed by atoms with Crippen LogP contribution in [0.2, 0.25) is 0 Å². The molecule has 0 saturated carbocycles. The summed E-state index contributed by atoms with van der Waals surface area (Å²) in [5.74, 6) is -0.928. The number of benzene rings is 1. The predicted octanol–water partition coefficient (Wildman–Crippen LogP) is 1.28. The van der Waals surface area contributed by atoms with Gasteiger partial charge in [0.15, 0.2) is 0 Å². The Kier molecular flexibility index (Phi) is 5.95. The lowest BCUT2D eigenvalue weighted by atomic mass is 10.2. The minimum atomic E-state index is -3.68. The summed E-state index contributed by atoms with van der Waals surface area (Å²) in [4.78, 5) is 11.9. The van der Waals surface area contributed by atoms with Gasteiger partial charge in [0.05, 0.1) is 18.0 Å². The standard InChI is InChI=1S/C15H21FN2O4S/c1-23(20,21)18(14-7-3-2-6-13(14)16)9-8-15(19)17-11-12-5-4-10-22-12/h2-3,6-7,12H,4-5,8-11H2,1H3,(H,17,19). The maximum Gasteiger partial charge on any atom is 0.232 e. The second-order valence-electron chi connectivity index (χ2n) is 5.48. The van der Waals surface area contributed by atoms with Crippen molar-refractivity contribution >= 4 is 21.6 Å². The van der Waals surface area contributed by atoms with E-state index in [9.17, 15) is 17.6 Å². The Morgan fingerprint density at radius 2 is 2.17 bits per heavy atom. The Hall–Kier alpha value is -1.67. The van der Waals surface area contributed by atoms with Crippen LogP contribution in [-0.4, -0.2) is 46.4 Å². The first kappa shape index (κ1) is 17.7. The highest BCUT2D eigenvalue weighted by Gasteiger charge is 2.22. The van der Waals surface area contributed by atoms with Crippen LogP contribution in [0.3, 0.4) is 0 Å². The van der Waals surface area contributed by atoms with Crippen LogP contribution in [0.4, 0.5) is 10.1 Å². The average Bonchev–Trinajstić information content (AvgIpc) is 2.99. The number of amides is 1. The Bertz CT molecular complexity index is 645. The van der Waals surface area contributed by atoms with Gasteiger partial charge in [-0.1, -0.05) is 12.1 Å². The molecule has 1 aromatic carbocycles. The molecular weight excluding hydrogens is 323 g/mol. The number of nitrogens with zero attached hydrogens (tertiary/aromatic N) is 1. The van der Waals surface area contributed by atoms with Crippen LogP contribution < -0.4 is 9.62 Å². The van der Waals surface area contributed by atoms with Gasteiger partial charge in [-0.05, 0) is 25.0 Å². The number of rotatable bonds is 7. The number of hydrogen-bond acceptors (Lipinski definition) is 4. The summed E-state index contributed by atoms with van der Waals surface area (Å²) in [5, 5.41) is 2.72. The third kappa shape index (κ3) is 5.18. The molecule has 0 aromatic heterocycles. The van der Waals surface area contributed by atoms with Gasteiger partial charge in [0.2, 0.25) is 15.9 Å². The summed E-state index contributed by atoms with van der Waals surface area (Å²) in [5.41, 5.74) is -0.0538. The van der Waals surface area contributed by atoms with Gasteiger partial charge in [0.1, 0.15) is 5.82 Å². The molecule has 1 heterocycles. The molecule has 1 aliphatic heterocycles. The summed E-state index contributed by atoms with van der Waals surface area (Å²) in [6.45, 7) is 1.00. The molecule has 1 atom stereocenters. The smallest absolute Gasteiger partial charge is 0.232 e. The number of halogens is 1. The maximum absolute atomic E-state index is 13.8. The summed E-state index contributed by atoms with van der Waals surface area (Å²) in [6, 6.07) is 5.59. The van der Waals surface area contributed by atoms with Crippen molar-refractivity contribution in [1.29, 1.82) is 0 Å². The molecule has 0 bridgehead atoms. The van der Waals surface area contributed by atoms with E-state index in [4.69, 9.17) is 4.74 Å². The van der Waals surface area contributed by atoms with Gasteiger partial charge in [-0.2, -0.15) is 0 Å². The third-order valence-electron chi connectivity index (χ3n) is 3.61. The van der Waals surface area contributed by atoms with E-state index in [-0.39, 0.29) is 30.7 Å². The van der Waals surface area contributed by atoms with Crippen molar-refractivity contribution < 1.29 is 22.3 Å². The highest BCUT2D eigenvalue weighted by atomic mass is 32.2. The SMILES string of the molecule is CS(=O)(=O)N(CCC(=O)NCC1CCCO1)c1ccccc1F. The molecule has 1 fully saturated rings. The zero-order valence-corrected chi connectivity index (χ0v) is 13.8. The molecule has 8 heteroatoms. The van der Waals surface area contributed by atoms with E-state index >= 15 is 0 Å². The van der Waals surface area contributed by atoms with Crippen LogP contribution in [0.1, 0.15) is 19.3 Å². The van der Waals surface area contributed by atoms with Crippen LogP contribution in [0.5, 0.6) is 0 Å². The van der Waals surface area contributed by atoms with Crippen molar-refractivity contribution in [3.8, 4) is 0 Å². The van der Waals surface area contributed by atoms with Gasteiger partial charge in [-0.15, -0.1) is 0 Å². The van der Waals surface area contributed by atoms with Gasteiger partial charge in [-0.3, -0.25) is 9.10 Å². The van der Waals surface area contributed by atoms with Crippen LogP contribution in [0, 0.1) is 5.82 Å². The Morgan fingerprint density at radius 1 is 1.43 bits per heavy atom. The average molecular weight is 344 g/mol. The Balaban J connectivity index is 1.94. The monoisotopic (exact) mass is 344 g/mol. The van der Waals surface area contributed by atoms with E-state index < -0.39 is 15.8 Å². The van der Waals surface area contributed by atoms with E-state index in [1.807, 2.05) is 0 Å². The zero-order valence-electron chi connectivity index (χ0n) is 13.0. The number of carbonyl (C=O) groups excluding carboxylic acids is 1. The van der Waals surface area contributed by atoms with Crippen LogP contribution in [0.25, 0.3) is 0 Å². The van der Waals surface area contributed by atoms with Gasteiger partial charge in [-0.25, -0.2) is 12.8 Å². The highest BCUT2D eigenvalue weighted by Crippen LogP contribution is 2.21. The summed E-state index contributed by atoms with van der Waals surface area (Å²) >= 11 is 0. The lowest BCUT2D eigenvalue weighted by Gasteiger charge is -2.22. The fourth-order valence-corrected chi connectivity index (χ4v) is 3.37. The van der Waals surface area contributed by atoms with Crippen molar-refractivity contribution in [2.45, 2.75) is 25.4 Å². The second kappa shape index (κ2) is 7.74. The Labute approximate surface area is 135 Å². The topological polar surface area (TPSA) is 75.7 Å². The number of anilines is 1. The Morgan fingerprint density at radius 3 is 2.78 bits per heavy atom. The fourth-order valence-electron chi connectivity index (χ4n) is 2.44. The molecule has 1 aromatic rings. The van der Waals surface area contributed by atoms with E-state index in [1.165, 1.54) is 18.2 Å². The molecule has 0 aliphatic carbocycles. The summed E-state index contributed by atoms with van der Waals surface area (Å²) in [7, 11) is -3.68. The predicted molar refractivity (Wildman–Crippen MR) is 85.2 cm³/mol. The number of carbonyl (C=O) groups is 1. The number of para-hydroxylation sites is 1. The maximum atomic E-state index is 13.8. The van der Waals surface area contributed by atoms with E-state index in [0.717, 1.165) is 23.4 Å². The lowest BCUT2D eigenvalue weighted by Crippen LogP contribution is -2.37. The van der Waals surface area contributed by atoms with Crippen molar-refractivity contribution in [3.05, 3.63) is 30.1 Å². The van der Waals surface area contributed by atoms with Gasteiger partial charge >= 0.3 is 0 Å². The number of ether oxygens (including phenoxy) is 1. The molecule has 1 unspecified atom stereocenters. The van der Waals surface area contributed by atoms with E-state index in [0.29, 0.717) is 13.2 Å². The minimum Gasteiger partial charge on any atom is -0.376 e. The van der Waals surface area contributed by atoms with Gasteiger partial charge in [0, 0.05) is 26.1 Å². The van der Waals surface area contributed by atoms with Crippen molar-refractivity contribution in [1.82, 2.24) is 5.32 Å². The van der Waals surface area contributed by atoms with E-state index in [1.54, 1.807) is 6.07 Å². The quantitative estimate of drug-likeness (QED) is 0.808. The van der Waals surface area contributed by atoms with E-state index in [2.05, 4.69) is 5.32 Å². The number of hydrogen-bond donors (Lipinski definition) is 1. The minimum absolute atomic E-state index is 0.0246. The highest BCUT2D eigenvalue weighted by molar-refractivity contribution is 7.92. The van der Waals surface area contributed by atoms with Gasteiger partial charge in [0.25, 0.3) is 0 Å². The molecule has 23 heavy (non-hydrogen) atoms. The van der Waals surface area contributed by atoms with Crippen molar-refractivity contribution in [2.24, 2.45) is 0 Å². The number of sulfonamides is 1. The summed E-state index contributed by atoms with van der Waals surface area (Å²) < 4.78 is 43.9. The third-order valence-corrected chi connectivity index (χ3v) is 4.79. The largest absolute Gasteiger partial charge is 0.376 e. The van der Waals surface area contributed by atoms with Crippen LogP contribution in [-0.2, 0) is 19.6 Å². The molecule has 0 spiro atoms. The normalized spacial score (nSPS) is 17.9. The molecule has 2 rings (SSSR count). The molecule has 1 amide bonds. The van der Waals surface area contributed by atoms with Gasteiger partial charge < -0.3 is 10.1 Å². The molecule has 0 radical (unpaired) electrons. The van der Waals surface area contributed by atoms with Crippen LogP contribution >= 0.6 is 0 Å². The molecule has 6 nitrogen and oxygen atoms in total. The van der Waals surface area contributed by atoms with Crippen molar-refractivity contribution in [3.63, 3.8) is 0 Å². The first-order valence-corrected chi connectivity index (χ1v) is 9.33. The number of nitrogens with one attached hydrogen (secondary N) is 1. The van der Waals surface area contributed by atoms with Crippen molar-refractivity contribution in [2.75, 3.05) is 30.3 Å². The fraction of sp³-hybridized carbons (Fsp3) is 0.533. The molecule has 1 aliphatic rings. The molecule has 1 N–H and O–H groups in total. The molecule has 128 valence electrons. The second-order valence-corrected chi connectivity index (χ2v) is 7.38. The molecular formula is C15H21FN2O4S. The molecule has 1 saturated heterocycles. The first-order chi connectivity index (χ1) is 10.9. The van der Waals surface area contributed by atoms with Crippen LogP contribution in [0.15, 0.2) is 24.3 Å². The zero-order chi connectivity index (χ0) is 16.9. The summed E-state index contributed by atoms with van der Waals surface area (Å²) in [6.07, 6.45) is 2.86. The lowest BCUT2D eigenvalue weighted by molar-refractivity contribution is -0.121. The first-order valence-electron chi connectivity index (χ1n) is 7.48.